The topological polar surface area (TPSA) is 91.8 Å². The van der Waals surface area contributed by atoms with Gasteiger partial charge in [0.05, 0.1) is 5.56 Å². The first-order valence-corrected chi connectivity index (χ1v) is 8.32. The van der Waals surface area contributed by atoms with Gasteiger partial charge in [0, 0.05) is 37.1 Å². The third-order valence-electron chi connectivity index (χ3n) is 4.18. The quantitative estimate of drug-likeness (QED) is 0.809. The zero-order chi connectivity index (χ0) is 20.3. The van der Waals surface area contributed by atoms with E-state index in [1.54, 1.807) is 6.07 Å². The molecular weight excluding hydrogens is 379 g/mol. The van der Waals surface area contributed by atoms with Gasteiger partial charge in [0.2, 0.25) is 0 Å². The van der Waals surface area contributed by atoms with Gasteiger partial charge in [-0.3, -0.25) is 4.79 Å². The number of ether oxygens (including phenoxy) is 1. The number of halogens is 3. The van der Waals surface area contributed by atoms with Gasteiger partial charge in [0.25, 0.3) is 5.91 Å². The number of nitrogens with one attached hydrogen (secondary N) is 1. The van der Waals surface area contributed by atoms with Crippen molar-refractivity contribution in [3.05, 3.63) is 53.9 Å². The van der Waals surface area contributed by atoms with E-state index in [0.29, 0.717) is 25.2 Å². The lowest BCUT2D eigenvalue weighted by atomic mass is 10.2. The van der Waals surface area contributed by atoms with Crippen LogP contribution < -0.4 is 15.0 Å². The smallest absolute Gasteiger partial charge is 0.477 e. The predicted octanol–water partition coefficient (Wildman–Crippen LogP) is 2.69. The van der Waals surface area contributed by atoms with Crippen LogP contribution in [0, 0.1) is 0 Å². The second kappa shape index (κ2) is 7.75. The third kappa shape index (κ3) is 4.90. The van der Waals surface area contributed by atoms with E-state index in [4.69, 9.17) is 5.11 Å². The molecule has 0 radical (unpaired) electrons. The summed E-state index contributed by atoms with van der Waals surface area (Å²) in [5.41, 5.74) is 0.625. The number of carboxylic acid groups (broad SMARTS) is 1. The van der Waals surface area contributed by atoms with Crippen molar-refractivity contribution in [3.63, 3.8) is 0 Å². The molecule has 0 aliphatic carbocycles. The van der Waals surface area contributed by atoms with E-state index in [-0.39, 0.29) is 23.0 Å². The molecule has 0 bridgehead atoms. The zero-order valence-corrected chi connectivity index (χ0v) is 14.4. The Bertz CT molecular complexity index is 871. The Morgan fingerprint density at radius 2 is 2.04 bits per heavy atom. The van der Waals surface area contributed by atoms with Gasteiger partial charge < -0.3 is 20.1 Å². The summed E-state index contributed by atoms with van der Waals surface area (Å²) in [6.45, 7) is 0.971. The van der Waals surface area contributed by atoms with E-state index >= 15 is 0 Å². The van der Waals surface area contributed by atoms with Gasteiger partial charge in [-0.15, -0.1) is 13.2 Å². The Balaban J connectivity index is 1.60. The van der Waals surface area contributed by atoms with Gasteiger partial charge >= 0.3 is 12.3 Å². The van der Waals surface area contributed by atoms with E-state index in [0.717, 1.165) is 0 Å². The van der Waals surface area contributed by atoms with Gasteiger partial charge in [-0.2, -0.15) is 0 Å². The molecule has 10 heteroatoms. The van der Waals surface area contributed by atoms with Crippen molar-refractivity contribution < 1.29 is 32.6 Å². The summed E-state index contributed by atoms with van der Waals surface area (Å²) in [4.78, 5) is 28.6. The van der Waals surface area contributed by atoms with Crippen LogP contribution in [0.4, 0.5) is 18.9 Å². The number of hydrogen-bond acceptors (Lipinski definition) is 5. The highest BCUT2D eigenvalue weighted by Crippen LogP contribution is 2.28. The second-order valence-corrected chi connectivity index (χ2v) is 6.19. The van der Waals surface area contributed by atoms with Crippen molar-refractivity contribution in [3.8, 4) is 5.75 Å². The number of hydrogen-bond donors (Lipinski definition) is 2. The summed E-state index contributed by atoms with van der Waals surface area (Å²) in [5, 5.41) is 11.6. The van der Waals surface area contributed by atoms with Gasteiger partial charge in [-0.1, -0.05) is 6.07 Å². The molecule has 2 N–H and O–H groups in total. The molecule has 1 atom stereocenters. The number of aromatic nitrogens is 1. The molecule has 1 saturated heterocycles. The lowest BCUT2D eigenvalue weighted by Gasteiger charge is -2.20. The zero-order valence-electron chi connectivity index (χ0n) is 14.4. The van der Waals surface area contributed by atoms with Crippen molar-refractivity contribution in [2.45, 2.75) is 18.8 Å². The first kappa shape index (κ1) is 19.5. The fraction of sp³-hybridized carbons (Fsp3) is 0.278. The molecule has 0 spiro atoms. The van der Waals surface area contributed by atoms with Crippen molar-refractivity contribution in [1.29, 1.82) is 0 Å². The predicted molar refractivity (Wildman–Crippen MR) is 92.4 cm³/mol. The second-order valence-electron chi connectivity index (χ2n) is 6.19. The highest BCUT2D eigenvalue weighted by Gasteiger charge is 2.31. The van der Waals surface area contributed by atoms with Gasteiger partial charge in [-0.05, 0) is 30.7 Å². The first-order chi connectivity index (χ1) is 13.2. The van der Waals surface area contributed by atoms with E-state index in [1.807, 2.05) is 4.90 Å². The molecular formula is C18H16F3N3O4. The van der Waals surface area contributed by atoms with Crippen molar-refractivity contribution in [2.75, 3.05) is 18.0 Å². The molecule has 148 valence electrons. The number of carbonyl (C=O) groups is 2. The van der Waals surface area contributed by atoms with Crippen molar-refractivity contribution in [2.24, 2.45) is 0 Å². The van der Waals surface area contributed by atoms with E-state index in [2.05, 4.69) is 15.0 Å². The molecule has 2 heterocycles. The van der Waals surface area contributed by atoms with Crippen LogP contribution in [0.3, 0.4) is 0 Å². The average molecular weight is 395 g/mol. The maximum Gasteiger partial charge on any atom is 0.573 e. The van der Waals surface area contributed by atoms with Crippen molar-refractivity contribution in [1.82, 2.24) is 10.3 Å². The van der Waals surface area contributed by atoms with Crippen LogP contribution in [0.25, 0.3) is 0 Å². The van der Waals surface area contributed by atoms with E-state index in [9.17, 15) is 22.8 Å². The SMILES string of the molecule is O=C(NC1CCN(c2cccc(OC(F)(F)F)c2)C1)c1ccc(C(=O)O)nc1. The molecule has 28 heavy (non-hydrogen) atoms. The lowest BCUT2D eigenvalue weighted by Crippen LogP contribution is -2.37. The molecule has 1 aliphatic rings. The maximum atomic E-state index is 12.4. The summed E-state index contributed by atoms with van der Waals surface area (Å²) < 4.78 is 41.0. The van der Waals surface area contributed by atoms with Gasteiger partial charge in [0.15, 0.2) is 0 Å². The van der Waals surface area contributed by atoms with Gasteiger partial charge in [0.1, 0.15) is 11.4 Å². The molecule has 1 fully saturated rings. The number of rotatable bonds is 5. The fourth-order valence-corrected chi connectivity index (χ4v) is 2.91. The van der Waals surface area contributed by atoms with E-state index in [1.165, 1.54) is 36.5 Å². The normalized spacial score (nSPS) is 16.7. The Labute approximate surface area is 157 Å². The number of carbonyl (C=O) groups excluding carboxylic acids is 1. The molecule has 2 aromatic rings. The van der Waals surface area contributed by atoms with Crippen LogP contribution in [0.1, 0.15) is 27.3 Å². The average Bonchev–Trinajstić information content (AvgIpc) is 3.09. The van der Waals surface area contributed by atoms with Crippen LogP contribution in [0.5, 0.6) is 5.75 Å². The number of nitrogens with zero attached hydrogens (tertiary/aromatic N) is 2. The minimum atomic E-state index is -4.76. The lowest BCUT2D eigenvalue weighted by molar-refractivity contribution is -0.274. The van der Waals surface area contributed by atoms with E-state index < -0.39 is 18.2 Å². The molecule has 1 unspecified atom stereocenters. The number of amides is 1. The fourth-order valence-electron chi connectivity index (χ4n) is 2.91. The monoisotopic (exact) mass is 395 g/mol. The standard InChI is InChI=1S/C18H16F3N3O4/c19-18(20,21)28-14-3-1-2-13(8-14)24-7-6-12(10-24)23-16(25)11-4-5-15(17(26)27)22-9-11/h1-5,8-9,12H,6-7,10H2,(H,23,25)(H,26,27). The van der Waals surface area contributed by atoms with Crippen LogP contribution in [-0.4, -0.2) is 47.5 Å². The van der Waals surface area contributed by atoms with Crippen LogP contribution in [0.15, 0.2) is 42.6 Å². The molecule has 1 aliphatic heterocycles. The highest BCUT2D eigenvalue weighted by atomic mass is 19.4. The number of anilines is 1. The number of carboxylic acids is 1. The highest BCUT2D eigenvalue weighted by molar-refractivity contribution is 5.95. The Morgan fingerprint density at radius 1 is 1.25 bits per heavy atom. The summed E-state index contributed by atoms with van der Waals surface area (Å²) >= 11 is 0. The van der Waals surface area contributed by atoms with Crippen LogP contribution >= 0.6 is 0 Å². The van der Waals surface area contributed by atoms with Crippen molar-refractivity contribution >= 4 is 17.6 Å². The summed E-state index contributed by atoms with van der Waals surface area (Å²) in [7, 11) is 0. The summed E-state index contributed by atoms with van der Waals surface area (Å²) in [6.07, 6.45) is -2.97. The Kier molecular flexibility index (Phi) is 5.39. The number of benzene rings is 1. The third-order valence-corrected chi connectivity index (χ3v) is 4.18. The van der Waals surface area contributed by atoms with Gasteiger partial charge in [-0.25, -0.2) is 9.78 Å². The summed E-state index contributed by atoms with van der Waals surface area (Å²) in [6, 6.07) is 8.06. The molecule has 1 amide bonds. The van der Waals surface area contributed by atoms with Crippen LogP contribution in [0.2, 0.25) is 0 Å². The number of pyridine rings is 1. The largest absolute Gasteiger partial charge is 0.573 e. The number of alkyl halides is 3. The first-order valence-electron chi connectivity index (χ1n) is 8.32. The minimum Gasteiger partial charge on any atom is -0.477 e. The molecule has 7 nitrogen and oxygen atoms in total. The molecule has 3 rings (SSSR count). The maximum absolute atomic E-state index is 12.4. The number of aromatic carboxylic acids is 1. The summed E-state index contributed by atoms with van der Waals surface area (Å²) in [5.74, 6) is -1.89. The van der Waals surface area contributed by atoms with Crippen LogP contribution in [-0.2, 0) is 0 Å². The Morgan fingerprint density at radius 3 is 2.68 bits per heavy atom. The minimum absolute atomic E-state index is 0.162. The Hall–Kier alpha value is -3.30. The molecule has 0 saturated carbocycles. The molecule has 1 aromatic heterocycles. The molecule has 1 aromatic carbocycles.